The summed E-state index contributed by atoms with van der Waals surface area (Å²) in [5.74, 6) is -1.87. The smallest absolute Gasteiger partial charge is 0.268 e. The molecule has 0 bridgehead atoms. The molecule has 1 aromatic carbocycles. The summed E-state index contributed by atoms with van der Waals surface area (Å²) < 4.78 is 28.6. The molecule has 1 aromatic heterocycles. The van der Waals surface area contributed by atoms with E-state index in [4.69, 9.17) is 0 Å². The number of nitrogens with one attached hydrogen (secondary N) is 1. The Morgan fingerprint density at radius 2 is 1.88 bits per heavy atom. The van der Waals surface area contributed by atoms with E-state index in [0.29, 0.717) is 17.8 Å². The van der Waals surface area contributed by atoms with Gasteiger partial charge in [0.2, 0.25) is 0 Å². The van der Waals surface area contributed by atoms with Gasteiger partial charge in [0.1, 0.15) is 5.69 Å². The van der Waals surface area contributed by atoms with Crippen LogP contribution in [0.3, 0.4) is 0 Å². The highest BCUT2D eigenvalue weighted by Crippen LogP contribution is 2.24. The molecule has 0 saturated heterocycles. The predicted octanol–water partition coefficient (Wildman–Crippen LogP) is 4.52. The van der Waals surface area contributed by atoms with Crippen LogP contribution in [0.2, 0.25) is 0 Å². The van der Waals surface area contributed by atoms with E-state index < -0.39 is 11.6 Å². The Morgan fingerprint density at radius 1 is 1.20 bits per heavy atom. The summed E-state index contributed by atoms with van der Waals surface area (Å²) >= 11 is 0. The van der Waals surface area contributed by atoms with Crippen molar-refractivity contribution in [2.24, 2.45) is 0 Å². The van der Waals surface area contributed by atoms with Gasteiger partial charge < -0.3 is 9.88 Å². The highest BCUT2D eigenvalue weighted by Gasteiger charge is 2.22. The number of carbonyl (C=O) groups excluding carboxylic acids is 1. The molecule has 3 nitrogen and oxygen atoms in total. The Kier molecular flexibility index (Phi) is 5.98. The number of nitrogens with zero attached hydrogens (tertiary/aromatic N) is 1. The molecule has 25 heavy (non-hydrogen) atoms. The van der Waals surface area contributed by atoms with Gasteiger partial charge in [-0.2, -0.15) is 0 Å². The van der Waals surface area contributed by atoms with E-state index in [1.807, 2.05) is 39.2 Å². The van der Waals surface area contributed by atoms with E-state index >= 15 is 0 Å². The van der Waals surface area contributed by atoms with Crippen LogP contribution >= 0.6 is 0 Å². The van der Waals surface area contributed by atoms with Gasteiger partial charge in [-0.1, -0.05) is 19.9 Å². The van der Waals surface area contributed by atoms with Gasteiger partial charge in [0.05, 0.1) is 0 Å². The van der Waals surface area contributed by atoms with Crippen LogP contribution in [0.15, 0.2) is 18.2 Å². The van der Waals surface area contributed by atoms with Gasteiger partial charge >= 0.3 is 0 Å². The first-order valence-electron chi connectivity index (χ1n) is 8.73. The van der Waals surface area contributed by atoms with E-state index in [2.05, 4.69) is 5.32 Å². The molecule has 136 valence electrons. The maximum absolute atomic E-state index is 13.5. The lowest BCUT2D eigenvalue weighted by Crippen LogP contribution is -2.34. The Morgan fingerprint density at radius 3 is 2.44 bits per heavy atom. The van der Waals surface area contributed by atoms with E-state index in [0.717, 1.165) is 35.7 Å². The van der Waals surface area contributed by atoms with Gasteiger partial charge in [0, 0.05) is 18.3 Å². The first kappa shape index (κ1) is 19.2. The van der Waals surface area contributed by atoms with Crippen LogP contribution in [0.1, 0.15) is 60.1 Å². The van der Waals surface area contributed by atoms with Crippen molar-refractivity contribution in [1.82, 2.24) is 9.88 Å². The maximum atomic E-state index is 13.5. The first-order chi connectivity index (χ1) is 11.8. The molecule has 0 saturated carbocycles. The van der Waals surface area contributed by atoms with E-state index in [-0.39, 0.29) is 11.9 Å². The molecule has 1 atom stereocenters. The summed E-state index contributed by atoms with van der Waals surface area (Å²) in [6.45, 7) is 10.3. The summed E-state index contributed by atoms with van der Waals surface area (Å²) in [6.07, 6.45) is 1.65. The highest BCUT2D eigenvalue weighted by molar-refractivity contribution is 5.95. The van der Waals surface area contributed by atoms with Gasteiger partial charge in [-0.3, -0.25) is 4.79 Å². The molecule has 0 aliphatic heterocycles. The third kappa shape index (κ3) is 3.91. The van der Waals surface area contributed by atoms with E-state index in [9.17, 15) is 13.6 Å². The normalized spacial score (nSPS) is 12.3. The Hall–Kier alpha value is -2.17. The van der Waals surface area contributed by atoms with Crippen LogP contribution in [0, 0.1) is 25.5 Å². The second kappa shape index (κ2) is 7.81. The van der Waals surface area contributed by atoms with Crippen LogP contribution in [0.25, 0.3) is 0 Å². The standard InChI is InChI=1S/C20H26F2N2O/c1-6-12(3)23-20(25)19-13(4)16(7-2)14(5)24(19)11-15-8-9-17(21)18(22)10-15/h8-10,12H,6-7,11H2,1-5H3,(H,23,25)/t12-/m0/s1. The van der Waals surface area contributed by atoms with Gasteiger partial charge in [-0.05, 0) is 62.4 Å². The minimum absolute atomic E-state index is 0.0731. The lowest BCUT2D eigenvalue weighted by atomic mass is 10.1. The largest absolute Gasteiger partial charge is 0.348 e. The van der Waals surface area contributed by atoms with Crippen molar-refractivity contribution in [3.63, 3.8) is 0 Å². The predicted molar refractivity (Wildman–Crippen MR) is 96.0 cm³/mol. The SMILES string of the molecule is CCc1c(C)c(C(=O)N[C@@H](C)CC)n(Cc2ccc(F)c(F)c2)c1C. The van der Waals surface area contributed by atoms with Crippen LogP contribution in [-0.2, 0) is 13.0 Å². The number of hydrogen-bond acceptors (Lipinski definition) is 1. The average Bonchev–Trinajstić information content (AvgIpc) is 2.80. The van der Waals surface area contributed by atoms with Gasteiger partial charge in [-0.15, -0.1) is 0 Å². The second-order valence-electron chi connectivity index (χ2n) is 6.51. The Labute approximate surface area is 148 Å². The van der Waals surface area contributed by atoms with Gasteiger partial charge in [-0.25, -0.2) is 8.78 Å². The number of benzene rings is 1. The lowest BCUT2D eigenvalue weighted by Gasteiger charge is -2.16. The number of rotatable bonds is 6. The third-order valence-corrected chi connectivity index (χ3v) is 4.80. The number of carbonyl (C=O) groups is 1. The summed E-state index contributed by atoms with van der Waals surface area (Å²) in [5.41, 5.74) is 4.27. The van der Waals surface area contributed by atoms with Crippen molar-refractivity contribution >= 4 is 5.91 Å². The second-order valence-corrected chi connectivity index (χ2v) is 6.51. The summed E-state index contributed by atoms with van der Waals surface area (Å²) in [7, 11) is 0. The molecule has 0 fully saturated rings. The van der Waals surface area contributed by atoms with E-state index in [1.54, 1.807) is 6.07 Å². The topological polar surface area (TPSA) is 34.0 Å². The number of hydrogen-bond donors (Lipinski definition) is 1. The fourth-order valence-corrected chi connectivity index (χ4v) is 3.17. The van der Waals surface area contributed by atoms with E-state index in [1.165, 1.54) is 6.07 Å². The lowest BCUT2D eigenvalue weighted by molar-refractivity contribution is 0.0929. The Bertz CT molecular complexity index is 780. The maximum Gasteiger partial charge on any atom is 0.268 e. The minimum atomic E-state index is -0.875. The fourth-order valence-electron chi connectivity index (χ4n) is 3.17. The minimum Gasteiger partial charge on any atom is -0.348 e. The summed E-state index contributed by atoms with van der Waals surface area (Å²) in [4.78, 5) is 12.8. The van der Waals surface area contributed by atoms with Crippen LogP contribution in [0.5, 0.6) is 0 Å². The summed E-state index contributed by atoms with van der Waals surface area (Å²) in [6, 6.07) is 3.93. The number of amides is 1. The van der Waals surface area contributed by atoms with Crippen molar-refractivity contribution in [3.05, 3.63) is 57.9 Å². The van der Waals surface area contributed by atoms with Crippen molar-refractivity contribution < 1.29 is 13.6 Å². The molecule has 1 N–H and O–H groups in total. The molecular formula is C20H26F2N2O. The zero-order valence-electron chi connectivity index (χ0n) is 15.5. The molecule has 0 aliphatic carbocycles. The zero-order chi connectivity index (χ0) is 18.7. The molecule has 1 amide bonds. The zero-order valence-corrected chi connectivity index (χ0v) is 15.5. The quantitative estimate of drug-likeness (QED) is 0.818. The van der Waals surface area contributed by atoms with Crippen molar-refractivity contribution in [3.8, 4) is 0 Å². The molecule has 1 heterocycles. The first-order valence-corrected chi connectivity index (χ1v) is 8.73. The monoisotopic (exact) mass is 348 g/mol. The van der Waals surface area contributed by atoms with Gasteiger partial charge in [0.25, 0.3) is 5.91 Å². The van der Waals surface area contributed by atoms with Crippen molar-refractivity contribution in [2.75, 3.05) is 0 Å². The molecule has 0 unspecified atom stereocenters. The fraction of sp³-hybridized carbons (Fsp3) is 0.450. The number of halogens is 2. The highest BCUT2D eigenvalue weighted by atomic mass is 19.2. The van der Waals surface area contributed by atoms with Gasteiger partial charge in [0.15, 0.2) is 11.6 Å². The molecule has 0 spiro atoms. The molecule has 2 rings (SSSR count). The molecule has 2 aromatic rings. The Balaban J connectivity index is 2.48. The van der Waals surface area contributed by atoms with Crippen LogP contribution in [-0.4, -0.2) is 16.5 Å². The van der Waals surface area contributed by atoms with Crippen LogP contribution < -0.4 is 5.32 Å². The molecule has 5 heteroatoms. The molecular weight excluding hydrogens is 322 g/mol. The number of aromatic nitrogens is 1. The molecule has 0 radical (unpaired) electrons. The van der Waals surface area contributed by atoms with Crippen molar-refractivity contribution in [1.29, 1.82) is 0 Å². The van der Waals surface area contributed by atoms with Crippen LogP contribution in [0.4, 0.5) is 8.78 Å². The van der Waals surface area contributed by atoms with Crippen molar-refractivity contribution in [2.45, 2.75) is 60.0 Å². The molecule has 0 aliphatic rings. The third-order valence-electron chi connectivity index (χ3n) is 4.80. The summed E-state index contributed by atoms with van der Waals surface area (Å²) in [5, 5.41) is 3.00. The average molecular weight is 348 g/mol.